The Bertz CT molecular complexity index is 415. The molecule has 1 aliphatic rings. The lowest BCUT2D eigenvalue weighted by Gasteiger charge is -2.43. The Morgan fingerprint density at radius 1 is 0.955 bits per heavy atom. The molecule has 22 heavy (non-hydrogen) atoms. The van der Waals surface area contributed by atoms with Gasteiger partial charge in [-0.25, -0.2) is 0 Å². The summed E-state index contributed by atoms with van der Waals surface area (Å²) in [6.07, 6.45) is 8.26. The van der Waals surface area contributed by atoms with Crippen molar-refractivity contribution in [2.45, 2.75) is 93.1 Å². The van der Waals surface area contributed by atoms with E-state index in [1.54, 1.807) is 0 Å². The Balaban J connectivity index is 2.98. The van der Waals surface area contributed by atoms with Crippen LogP contribution in [0.5, 0.6) is 0 Å². The molecular weight excluding hydrogens is 272 g/mol. The lowest BCUT2D eigenvalue weighted by molar-refractivity contribution is -0.177. The van der Waals surface area contributed by atoms with E-state index in [9.17, 15) is 4.79 Å². The van der Waals surface area contributed by atoms with E-state index in [-0.39, 0.29) is 17.0 Å². The van der Waals surface area contributed by atoms with Crippen LogP contribution < -0.4 is 0 Å². The van der Waals surface area contributed by atoms with Crippen LogP contribution in [0, 0.1) is 16.7 Å². The number of ether oxygens (including phenoxy) is 1. The Kier molecular flexibility index (Phi) is 5.92. The van der Waals surface area contributed by atoms with Crippen LogP contribution in [0.3, 0.4) is 0 Å². The maximum absolute atomic E-state index is 13.0. The van der Waals surface area contributed by atoms with Crippen molar-refractivity contribution in [3.8, 4) is 0 Å². The van der Waals surface area contributed by atoms with E-state index in [4.69, 9.17) is 4.74 Å². The van der Waals surface area contributed by atoms with Crippen molar-refractivity contribution in [3.63, 3.8) is 0 Å². The van der Waals surface area contributed by atoms with Crippen LogP contribution in [0.1, 0.15) is 87.5 Å². The average molecular weight is 309 g/mol. The van der Waals surface area contributed by atoms with Crippen LogP contribution in [0.15, 0.2) is 11.6 Å². The van der Waals surface area contributed by atoms with Gasteiger partial charge in [0.25, 0.3) is 0 Å². The zero-order valence-corrected chi connectivity index (χ0v) is 16.0. The number of hydrogen-bond acceptors (Lipinski definition) is 2. The largest absolute Gasteiger partial charge is 0.459 e. The zero-order chi connectivity index (χ0) is 17.2. The quantitative estimate of drug-likeness (QED) is 0.477. The number of esters is 1. The normalized spacial score (nSPS) is 20.2. The Hall–Kier alpha value is -0.790. The number of rotatable bonds is 4. The Morgan fingerprint density at radius 2 is 1.45 bits per heavy atom. The summed E-state index contributed by atoms with van der Waals surface area (Å²) in [5.74, 6) is 0.401. The molecule has 1 rings (SSSR count). The Morgan fingerprint density at radius 3 is 1.86 bits per heavy atom. The number of carbonyl (C=O) groups is 1. The summed E-state index contributed by atoms with van der Waals surface area (Å²) in [4.78, 5) is 13.0. The minimum absolute atomic E-state index is 0.0863. The van der Waals surface area contributed by atoms with Gasteiger partial charge in [-0.05, 0) is 58.8 Å². The molecule has 0 bridgehead atoms. The van der Waals surface area contributed by atoms with Gasteiger partial charge in [-0.3, -0.25) is 4.79 Å². The second-order valence-corrected chi connectivity index (χ2v) is 9.00. The first-order chi connectivity index (χ1) is 9.90. The fourth-order valence-electron chi connectivity index (χ4n) is 3.39. The fraction of sp³-hybridized carbons (Fsp3) is 0.850. The molecule has 2 nitrogen and oxygen atoms in total. The third kappa shape index (κ3) is 4.36. The standard InChI is InChI=1S/C20H36O2/c1-15(2)14-20(8,18(3,4)5)17(21)22-19(6,7)16-12-10-9-11-13-16/h14,16H,9-13H2,1-8H3. The monoisotopic (exact) mass is 308 g/mol. The highest BCUT2D eigenvalue weighted by molar-refractivity contribution is 5.80. The van der Waals surface area contributed by atoms with Gasteiger partial charge >= 0.3 is 5.97 Å². The molecule has 0 aliphatic heterocycles. The van der Waals surface area contributed by atoms with Gasteiger partial charge in [-0.2, -0.15) is 0 Å². The molecule has 128 valence electrons. The van der Waals surface area contributed by atoms with E-state index in [0.29, 0.717) is 5.92 Å². The summed E-state index contributed by atoms with van der Waals surface area (Å²) in [6, 6.07) is 0. The molecule has 0 aromatic heterocycles. The lowest BCUT2D eigenvalue weighted by Crippen LogP contribution is -2.46. The van der Waals surface area contributed by atoms with Gasteiger partial charge in [-0.1, -0.05) is 51.7 Å². The summed E-state index contributed by atoms with van der Waals surface area (Å²) < 4.78 is 6.09. The number of allylic oxidation sites excluding steroid dienone is 1. The maximum Gasteiger partial charge on any atom is 0.316 e. The molecule has 0 aromatic rings. The van der Waals surface area contributed by atoms with Gasteiger partial charge in [-0.15, -0.1) is 0 Å². The van der Waals surface area contributed by atoms with Gasteiger partial charge < -0.3 is 4.74 Å². The SMILES string of the molecule is CC(C)=CC(C)(C(=O)OC(C)(C)C1CCCCC1)C(C)(C)C. The van der Waals surface area contributed by atoms with Crippen LogP contribution >= 0.6 is 0 Å². The van der Waals surface area contributed by atoms with Crippen molar-refractivity contribution in [1.82, 2.24) is 0 Å². The molecule has 0 amide bonds. The summed E-state index contributed by atoms with van der Waals surface area (Å²) in [5, 5.41) is 0. The first-order valence-electron chi connectivity index (χ1n) is 8.79. The van der Waals surface area contributed by atoms with Crippen LogP contribution in [-0.2, 0) is 9.53 Å². The molecule has 0 aromatic carbocycles. The predicted molar refractivity (Wildman–Crippen MR) is 93.7 cm³/mol. The van der Waals surface area contributed by atoms with Crippen molar-refractivity contribution < 1.29 is 9.53 Å². The predicted octanol–water partition coefficient (Wildman–Crippen LogP) is 5.91. The van der Waals surface area contributed by atoms with Gasteiger partial charge in [0, 0.05) is 0 Å². The second kappa shape index (κ2) is 6.76. The number of hydrogen-bond donors (Lipinski definition) is 0. The lowest BCUT2D eigenvalue weighted by atomic mass is 9.67. The van der Waals surface area contributed by atoms with Gasteiger partial charge in [0.15, 0.2) is 0 Å². The number of carbonyl (C=O) groups excluding carboxylic acids is 1. The zero-order valence-electron chi connectivity index (χ0n) is 16.0. The molecule has 0 N–H and O–H groups in total. The topological polar surface area (TPSA) is 26.3 Å². The van der Waals surface area contributed by atoms with E-state index >= 15 is 0 Å². The molecule has 0 saturated heterocycles. The smallest absolute Gasteiger partial charge is 0.316 e. The van der Waals surface area contributed by atoms with Crippen molar-refractivity contribution in [2.75, 3.05) is 0 Å². The summed E-state index contributed by atoms with van der Waals surface area (Å²) in [5.41, 5.74) is 0.00575. The van der Waals surface area contributed by atoms with E-state index in [0.717, 1.165) is 5.57 Å². The minimum Gasteiger partial charge on any atom is -0.459 e. The maximum atomic E-state index is 13.0. The summed E-state index contributed by atoms with van der Waals surface area (Å²) >= 11 is 0. The van der Waals surface area contributed by atoms with Crippen LogP contribution in [-0.4, -0.2) is 11.6 Å². The molecule has 0 radical (unpaired) electrons. The van der Waals surface area contributed by atoms with Gasteiger partial charge in [0.1, 0.15) is 5.60 Å². The van der Waals surface area contributed by atoms with Crippen LogP contribution in [0.25, 0.3) is 0 Å². The highest BCUT2D eigenvalue weighted by Crippen LogP contribution is 2.44. The highest BCUT2D eigenvalue weighted by atomic mass is 16.6. The minimum atomic E-state index is -0.599. The van der Waals surface area contributed by atoms with Crippen molar-refractivity contribution in [2.24, 2.45) is 16.7 Å². The average Bonchev–Trinajstić information content (AvgIpc) is 2.37. The van der Waals surface area contributed by atoms with E-state index < -0.39 is 5.41 Å². The molecular formula is C20H36O2. The third-order valence-corrected chi connectivity index (χ3v) is 5.50. The first kappa shape index (κ1) is 19.3. The van der Waals surface area contributed by atoms with Gasteiger partial charge in [0.2, 0.25) is 0 Å². The van der Waals surface area contributed by atoms with Crippen LogP contribution in [0.2, 0.25) is 0 Å². The molecule has 0 heterocycles. The third-order valence-electron chi connectivity index (χ3n) is 5.50. The molecule has 1 aliphatic carbocycles. The van der Waals surface area contributed by atoms with E-state index in [1.807, 2.05) is 20.8 Å². The molecule has 1 fully saturated rings. The summed E-state index contributed by atoms with van der Waals surface area (Å²) in [6.45, 7) is 16.6. The molecule has 1 atom stereocenters. The molecule has 0 spiro atoms. The fourth-order valence-corrected chi connectivity index (χ4v) is 3.39. The van der Waals surface area contributed by atoms with Crippen LogP contribution in [0.4, 0.5) is 0 Å². The van der Waals surface area contributed by atoms with Crippen molar-refractivity contribution in [3.05, 3.63) is 11.6 Å². The van der Waals surface area contributed by atoms with E-state index in [1.165, 1.54) is 32.1 Å². The van der Waals surface area contributed by atoms with E-state index in [2.05, 4.69) is 40.7 Å². The summed E-state index contributed by atoms with van der Waals surface area (Å²) in [7, 11) is 0. The molecule has 2 heteroatoms. The molecule has 1 unspecified atom stereocenters. The van der Waals surface area contributed by atoms with Crippen molar-refractivity contribution in [1.29, 1.82) is 0 Å². The first-order valence-corrected chi connectivity index (χ1v) is 8.79. The van der Waals surface area contributed by atoms with Gasteiger partial charge in [0.05, 0.1) is 5.41 Å². The molecule has 1 saturated carbocycles. The Labute approximate surface area is 137 Å². The highest BCUT2D eigenvalue weighted by Gasteiger charge is 2.46. The second-order valence-electron chi connectivity index (χ2n) is 9.00. The van der Waals surface area contributed by atoms with Crippen molar-refractivity contribution >= 4 is 5.97 Å².